The molecule has 0 spiro atoms. The molecule has 22 heavy (non-hydrogen) atoms. The van der Waals surface area contributed by atoms with Gasteiger partial charge in [0.2, 0.25) is 10.0 Å². The van der Waals surface area contributed by atoms with Crippen LogP contribution in [0.1, 0.15) is 18.3 Å². The Labute approximate surface area is 127 Å². The van der Waals surface area contributed by atoms with Crippen LogP contribution in [0.5, 0.6) is 5.75 Å². The molecule has 2 aromatic rings. The van der Waals surface area contributed by atoms with Gasteiger partial charge in [-0.15, -0.1) is 0 Å². The second kappa shape index (κ2) is 6.91. The summed E-state index contributed by atoms with van der Waals surface area (Å²) < 4.78 is 49.8. The Bertz CT molecular complexity index is 715. The van der Waals surface area contributed by atoms with Gasteiger partial charge in [-0.05, 0) is 36.8 Å². The monoisotopic (exact) mass is 329 g/mol. The maximum absolute atomic E-state index is 13.2. The first-order valence-corrected chi connectivity index (χ1v) is 7.97. The second-order valence-corrected chi connectivity index (χ2v) is 6.25. The fourth-order valence-corrected chi connectivity index (χ4v) is 3.12. The highest BCUT2D eigenvalue weighted by atomic mass is 32.2. The van der Waals surface area contributed by atoms with Gasteiger partial charge < -0.3 is 14.3 Å². The van der Waals surface area contributed by atoms with Crippen molar-refractivity contribution in [2.24, 2.45) is 0 Å². The maximum atomic E-state index is 13.2. The Balaban J connectivity index is 2.04. The van der Waals surface area contributed by atoms with Gasteiger partial charge in [-0.1, -0.05) is 0 Å². The summed E-state index contributed by atoms with van der Waals surface area (Å²) in [5.41, 5.74) is 0. The lowest BCUT2D eigenvalue weighted by molar-refractivity contribution is 0.141. The zero-order valence-electron chi connectivity index (χ0n) is 11.8. The quantitative estimate of drug-likeness (QED) is 0.809. The molecule has 0 radical (unpaired) electrons. The first kappa shape index (κ1) is 16.5. The second-order valence-electron chi connectivity index (χ2n) is 4.51. The predicted molar refractivity (Wildman–Crippen MR) is 76.4 cm³/mol. The zero-order chi connectivity index (χ0) is 16.2. The molecular formula is C14H16FNO5S. The Morgan fingerprint density at radius 2 is 2.18 bits per heavy atom. The van der Waals surface area contributed by atoms with Crippen LogP contribution in [0.15, 0.2) is 45.9 Å². The van der Waals surface area contributed by atoms with Crippen molar-refractivity contribution < 1.29 is 27.1 Å². The van der Waals surface area contributed by atoms with Crippen LogP contribution in [-0.4, -0.2) is 27.2 Å². The van der Waals surface area contributed by atoms with E-state index in [0.717, 1.165) is 12.1 Å². The fraction of sp³-hybridized carbons (Fsp3) is 0.286. The van der Waals surface area contributed by atoms with E-state index in [2.05, 4.69) is 4.72 Å². The third-order valence-corrected chi connectivity index (χ3v) is 4.48. The van der Waals surface area contributed by atoms with Crippen LogP contribution in [0.3, 0.4) is 0 Å². The molecule has 6 nitrogen and oxygen atoms in total. The van der Waals surface area contributed by atoms with Crippen LogP contribution in [0.4, 0.5) is 4.39 Å². The summed E-state index contributed by atoms with van der Waals surface area (Å²) >= 11 is 0. The summed E-state index contributed by atoms with van der Waals surface area (Å²) in [7, 11) is -2.65. The third kappa shape index (κ3) is 3.85. The van der Waals surface area contributed by atoms with E-state index >= 15 is 0 Å². The zero-order valence-corrected chi connectivity index (χ0v) is 12.6. The van der Waals surface area contributed by atoms with E-state index in [4.69, 9.17) is 9.15 Å². The van der Waals surface area contributed by atoms with Crippen LogP contribution in [0.2, 0.25) is 0 Å². The van der Waals surface area contributed by atoms with Crippen molar-refractivity contribution >= 4 is 10.0 Å². The molecule has 0 aliphatic rings. The summed E-state index contributed by atoms with van der Waals surface area (Å²) in [6, 6.07) is 6.44. The Hall–Kier alpha value is -1.90. The average Bonchev–Trinajstić information content (AvgIpc) is 3.01. The number of methoxy groups -OCH3 is 1. The smallest absolute Gasteiger partial charge is 0.244 e. The van der Waals surface area contributed by atoms with Gasteiger partial charge in [-0.2, -0.15) is 0 Å². The number of aliphatic hydroxyl groups excluding tert-OH is 1. The van der Waals surface area contributed by atoms with Crippen LogP contribution in [-0.2, 0) is 10.0 Å². The molecule has 120 valence electrons. The van der Waals surface area contributed by atoms with Crippen LogP contribution < -0.4 is 9.46 Å². The van der Waals surface area contributed by atoms with E-state index in [0.29, 0.717) is 5.76 Å². The van der Waals surface area contributed by atoms with E-state index in [1.165, 1.54) is 19.4 Å². The number of furan rings is 1. The largest absolute Gasteiger partial charge is 0.495 e. The topological polar surface area (TPSA) is 88.8 Å². The van der Waals surface area contributed by atoms with E-state index in [-0.39, 0.29) is 23.6 Å². The number of hydrogen-bond donors (Lipinski definition) is 2. The fourth-order valence-electron chi connectivity index (χ4n) is 1.89. The molecule has 1 atom stereocenters. The number of nitrogens with one attached hydrogen (secondary N) is 1. The SMILES string of the molecule is COc1ccc(F)cc1S(=O)(=O)NCC[C@@H](O)c1ccco1. The van der Waals surface area contributed by atoms with Crippen molar-refractivity contribution in [1.29, 1.82) is 0 Å². The minimum Gasteiger partial charge on any atom is -0.495 e. The van der Waals surface area contributed by atoms with Gasteiger partial charge in [-0.3, -0.25) is 0 Å². The number of hydrogen-bond acceptors (Lipinski definition) is 5. The molecule has 0 aliphatic heterocycles. The summed E-state index contributed by atoms with van der Waals surface area (Å²) in [5, 5.41) is 9.81. The standard InChI is InChI=1S/C14H16FNO5S/c1-20-13-5-4-10(15)9-14(13)22(18,19)16-7-6-11(17)12-3-2-8-21-12/h2-5,8-9,11,16-17H,6-7H2,1H3/t11-/m1/s1. The van der Waals surface area contributed by atoms with Gasteiger partial charge in [-0.25, -0.2) is 17.5 Å². The van der Waals surface area contributed by atoms with Crippen molar-refractivity contribution in [1.82, 2.24) is 4.72 Å². The lowest BCUT2D eigenvalue weighted by atomic mass is 10.2. The highest BCUT2D eigenvalue weighted by molar-refractivity contribution is 7.89. The molecule has 1 aromatic heterocycles. The highest BCUT2D eigenvalue weighted by Crippen LogP contribution is 2.24. The summed E-state index contributed by atoms with van der Waals surface area (Å²) in [6.45, 7) is -0.0378. The van der Waals surface area contributed by atoms with Gasteiger partial charge in [0.05, 0.1) is 13.4 Å². The van der Waals surface area contributed by atoms with Crippen molar-refractivity contribution in [3.05, 3.63) is 48.2 Å². The minimum absolute atomic E-state index is 0.0378. The number of sulfonamides is 1. The van der Waals surface area contributed by atoms with E-state index in [9.17, 15) is 17.9 Å². The highest BCUT2D eigenvalue weighted by Gasteiger charge is 2.21. The molecule has 0 unspecified atom stereocenters. The molecule has 0 saturated heterocycles. The van der Waals surface area contributed by atoms with Gasteiger partial charge in [0.15, 0.2) is 0 Å². The lowest BCUT2D eigenvalue weighted by Crippen LogP contribution is -2.26. The van der Waals surface area contributed by atoms with Crippen molar-refractivity contribution in [2.75, 3.05) is 13.7 Å². The van der Waals surface area contributed by atoms with Crippen LogP contribution in [0, 0.1) is 5.82 Å². The molecular weight excluding hydrogens is 313 g/mol. The molecule has 0 saturated carbocycles. The number of rotatable bonds is 7. The van der Waals surface area contributed by atoms with E-state index < -0.39 is 21.9 Å². The van der Waals surface area contributed by atoms with E-state index in [1.807, 2.05) is 0 Å². The number of aliphatic hydroxyl groups is 1. The predicted octanol–water partition coefficient (Wildman–Crippen LogP) is 1.83. The van der Waals surface area contributed by atoms with Gasteiger partial charge in [0.25, 0.3) is 0 Å². The average molecular weight is 329 g/mol. The summed E-state index contributed by atoms with van der Waals surface area (Å²) in [5.74, 6) is -0.292. The first-order chi connectivity index (χ1) is 10.4. The van der Waals surface area contributed by atoms with Gasteiger partial charge in [0.1, 0.15) is 28.3 Å². The van der Waals surface area contributed by atoms with Gasteiger partial charge in [0, 0.05) is 6.54 Å². The number of ether oxygens (including phenoxy) is 1. The molecule has 1 heterocycles. The molecule has 2 N–H and O–H groups in total. The Morgan fingerprint density at radius 3 is 2.82 bits per heavy atom. The lowest BCUT2D eigenvalue weighted by Gasteiger charge is -2.12. The van der Waals surface area contributed by atoms with Gasteiger partial charge >= 0.3 is 0 Å². The molecule has 8 heteroatoms. The number of halogens is 1. The number of benzene rings is 1. The molecule has 0 aliphatic carbocycles. The Kier molecular flexibility index (Phi) is 5.17. The van der Waals surface area contributed by atoms with Crippen molar-refractivity contribution in [3.8, 4) is 5.75 Å². The molecule has 2 rings (SSSR count). The molecule has 1 aromatic carbocycles. The molecule has 0 bridgehead atoms. The summed E-state index contributed by atoms with van der Waals surface area (Å²) in [6.07, 6.45) is 0.608. The Morgan fingerprint density at radius 1 is 1.41 bits per heavy atom. The molecule has 0 amide bonds. The van der Waals surface area contributed by atoms with Crippen molar-refractivity contribution in [2.45, 2.75) is 17.4 Å². The normalized spacial score (nSPS) is 13.0. The third-order valence-electron chi connectivity index (χ3n) is 3.00. The first-order valence-electron chi connectivity index (χ1n) is 6.48. The van der Waals surface area contributed by atoms with E-state index in [1.54, 1.807) is 12.1 Å². The van der Waals surface area contributed by atoms with Crippen LogP contribution in [0.25, 0.3) is 0 Å². The van der Waals surface area contributed by atoms with Crippen molar-refractivity contribution in [3.63, 3.8) is 0 Å². The molecule has 0 fully saturated rings. The maximum Gasteiger partial charge on any atom is 0.244 e. The minimum atomic E-state index is -3.95. The summed E-state index contributed by atoms with van der Waals surface area (Å²) in [4.78, 5) is -0.289. The van der Waals surface area contributed by atoms with Crippen LogP contribution >= 0.6 is 0 Å².